The minimum absolute atomic E-state index is 0. The zero-order valence-electron chi connectivity index (χ0n) is 15.1. The summed E-state index contributed by atoms with van der Waals surface area (Å²) in [5.41, 5.74) is 3.03. The van der Waals surface area contributed by atoms with Gasteiger partial charge in [0.05, 0.1) is 25.0 Å². The molecule has 0 bridgehead atoms. The van der Waals surface area contributed by atoms with Crippen LogP contribution >= 0.6 is 24.0 Å². The van der Waals surface area contributed by atoms with E-state index in [-0.39, 0.29) is 29.8 Å². The van der Waals surface area contributed by atoms with Crippen LogP contribution in [-0.4, -0.2) is 22.5 Å². The van der Waals surface area contributed by atoms with Crippen LogP contribution in [0.25, 0.3) is 11.3 Å². The van der Waals surface area contributed by atoms with Crippen molar-refractivity contribution in [3.05, 3.63) is 78.0 Å². The van der Waals surface area contributed by atoms with Crippen LogP contribution in [-0.2, 0) is 13.1 Å². The first kappa shape index (κ1) is 20.9. The molecule has 0 unspecified atom stereocenters. The van der Waals surface area contributed by atoms with Crippen LogP contribution in [0, 0.1) is 5.82 Å². The number of H-pyrrole nitrogens is 1. The molecule has 3 aromatic rings. The summed E-state index contributed by atoms with van der Waals surface area (Å²) in [6, 6.07) is 16.4. The van der Waals surface area contributed by atoms with E-state index in [1.165, 1.54) is 12.1 Å². The quantitative estimate of drug-likeness (QED) is 0.284. The zero-order valence-corrected chi connectivity index (χ0v) is 17.4. The lowest BCUT2D eigenvalue weighted by Gasteiger charge is -2.10. The van der Waals surface area contributed by atoms with Gasteiger partial charge in [0.25, 0.3) is 0 Å². The van der Waals surface area contributed by atoms with Gasteiger partial charge in [-0.1, -0.05) is 42.5 Å². The fraction of sp³-hybridized carbons (Fsp3) is 0.200. The molecule has 3 N–H and O–H groups in total. The summed E-state index contributed by atoms with van der Waals surface area (Å²) in [7, 11) is 0. The normalized spacial score (nSPS) is 11.0. The van der Waals surface area contributed by atoms with Crippen LogP contribution < -0.4 is 10.6 Å². The Morgan fingerprint density at radius 3 is 2.52 bits per heavy atom. The molecule has 3 rings (SSSR count). The Hall–Kier alpha value is -2.42. The predicted molar refractivity (Wildman–Crippen MR) is 117 cm³/mol. The third-order valence-electron chi connectivity index (χ3n) is 3.81. The van der Waals surface area contributed by atoms with Gasteiger partial charge in [0.1, 0.15) is 11.6 Å². The zero-order chi connectivity index (χ0) is 18.2. The molecule has 5 nitrogen and oxygen atoms in total. The largest absolute Gasteiger partial charge is 0.357 e. The molecular weight excluding hydrogens is 456 g/mol. The summed E-state index contributed by atoms with van der Waals surface area (Å²) >= 11 is 0. The lowest BCUT2D eigenvalue weighted by molar-refractivity contribution is 0.627. The Morgan fingerprint density at radius 1 is 1.07 bits per heavy atom. The predicted octanol–water partition coefficient (Wildman–Crippen LogP) is 4.09. The Bertz CT molecular complexity index is 846. The molecule has 0 saturated heterocycles. The highest BCUT2D eigenvalue weighted by Crippen LogP contribution is 2.15. The Labute approximate surface area is 175 Å². The molecule has 0 spiro atoms. The molecule has 0 aliphatic heterocycles. The number of guanidine groups is 1. The van der Waals surface area contributed by atoms with Crippen molar-refractivity contribution < 1.29 is 4.39 Å². The summed E-state index contributed by atoms with van der Waals surface area (Å²) in [5.74, 6) is 1.28. The van der Waals surface area contributed by atoms with E-state index in [2.05, 4.69) is 25.6 Å². The van der Waals surface area contributed by atoms with Gasteiger partial charge in [-0.25, -0.2) is 14.4 Å². The van der Waals surface area contributed by atoms with E-state index in [0.29, 0.717) is 19.0 Å². The highest BCUT2D eigenvalue weighted by Gasteiger charge is 2.04. The number of nitrogens with one attached hydrogen (secondary N) is 3. The number of rotatable bonds is 6. The maximum Gasteiger partial charge on any atom is 0.191 e. The number of aliphatic imine (C=N–C) groups is 1. The van der Waals surface area contributed by atoms with Gasteiger partial charge in [-0.2, -0.15) is 0 Å². The second-order valence-electron chi connectivity index (χ2n) is 5.78. The Morgan fingerprint density at radius 2 is 1.81 bits per heavy atom. The number of halogens is 2. The van der Waals surface area contributed by atoms with Gasteiger partial charge < -0.3 is 15.6 Å². The first-order chi connectivity index (χ1) is 12.7. The summed E-state index contributed by atoms with van der Waals surface area (Å²) in [5, 5.41) is 6.45. The van der Waals surface area contributed by atoms with Crippen molar-refractivity contribution in [2.45, 2.75) is 20.0 Å². The van der Waals surface area contributed by atoms with E-state index in [4.69, 9.17) is 0 Å². The monoisotopic (exact) mass is 479 g/mol. The summed E-state index contributed by atoms with van der Waals surface area (Å²) in [6.07, 6.45) is 1.83. The number of benzene rings is 2. The number of aromatic amines is 1. The first-order valence-electron chi connectivity index (χ1n) is 8.60. The van der Waals surface area contributed by atoms with Crippen LogP contribution in [0.15, 0.2) is 65.8 Å². The van der Waals surface area contributed by atoms with Crippen LogP contribution in [0.5, 0.6) is 0 Å². The van der Waals surface area contributed by atoms with Crippen LogP contribution in [0.2, 0.25) is 0 Å². The molecular formula is C20H23FIN5. The fourth-order valence-electron chi connectivity index (χ4n) is 2.49. The molecule has 1 heterocycles. The number of aromatic nitrogens is 2. The van der Waals surface area contributed by atoms with Crippen molar-refractivity contribution >= 4 is 29.9 Å². The Kier molecular flexibility index (Phi) is 8.25. The van der Waals surface area contributed by atoms with E-state index in [1.807, 2.05) is 43.5 Å². The molecule has 0 aliphatic carbocycles. The topological polar surface area (TPSA) is 65.1 Å². The van der Waals surface area contributed by atoms with Gasteiger partial charge in [-0.3, -0.25) is 0 Å². The minimum atomic E-state index is -0.241. The van der Waals surface area contributed by atoms with Gasteiger partial charge in [0.2, 0.25) is 0 Å². The van der Waals surface area contributed by atoms with Crippen LogP contribution in [0.1, 0.15) is 18.3 Å². The lowest BCUT2D eigenvalue weighted by atomic mass is 10.2. The summed E-state index contributed by atoms with van der Waals surface area (Å²) < 4.78 is 13.0. The second kappa shape index (κ2) is 10.7. The number of nitrogens with zero attached hydrogens (tertiary/aromatic N) is 2. The average molecular weight is 479 g/mol. The number of hydrogen-bond donors (Lipinski definition) is 3. The average Bonchev–Trinajstić information content (AvgIpc) is 3.15. The Balaban J connectivity index is 0.00000261. The molecule has 0 aliphatic rings. The van der Waals surface area contributed by atoms with Crippen molar-refractivity contribution in [1.82, 2.24) is 20.6 Å². The van der Waals surface area contributed by atoms with Gasteiger partial charge in [-0.15, -0.1) is 24.0 Å². The standard InChI is InChI=1S/C20H22FN5.HI/c1-2-22-20(24-12-15-8-10-17(21)11-9-15)25-14-19-23-13-18(26-19)16-6-4-3-5-7-16;/h3-11,13H,2,12,14H2,1H3,(H,23,26)(H2,22,24,25);1H. The maximum absolute atomic E-state index is 13.0. The number of hydrogen-bond acceptors (Lipinski definition) is 2. The van der Waals surface area contributed by atoms with Gasteiger partial charge in [0, 0.05) is 6.54 Å². The molecule has 2 aromatic carbocycles. The van der Waals surface area contributed by atoms with E-state index < -0.39 is 0 Å². The van der Waals surface area contributed by atoms with Crippen LogP contribution in [0.4, 0.5) is 4.39 Å². The molecule has 0 atom stereocenters. The summed E-state index contributed by atoms with van der Waals surface area (Å²) in [4.78, 5) is 12.2. The van der Waals surface area contributed by atoms with E-state index in [9.17, 15) is 4.39 Å². The second-order valence-corrected chi connectivity index (χ2v) is 5.78. The first-order valence-corrected chi connectivity index (χ1v) is 8.60. The van der Waals surface area contributed by atoms with Crippen molar-refractivity contribution in [2.75, 3.05) is 6.54 Å². The van der Waals surface area contributed by atoms with Crippen molar-refractivity contribution in [2.24, 2.45) is 4.99 Å². The molecule has 0 fully saturated rings. The van der Waals surface area contributed by atoms with Crippen LogP contribution in [0.3, 0.4) is 0 Å². The smallest absolute Gasteiger partial charge is 0.191 e. The third kappa shape index (κ3) is 6.35. The molecule has 7 heteroatoms. The molecule has 0 amide bonds. The van der Waals surface area contributed by atoms with E-state index in [0.717, 1.165) is 29.2 Å². The maximum atomic E-state index is 13.0. The summed E-state index contributed by atoms with van der Waals surface area (Å²) in [6.45, 7) is 3.77. The lowest BCUT2D eigenvalue weighted by Crippen LogP contribution is -2.37. The molecule has 142 valence electrons. The van der Waals surface area contributed by atoms with E-state index in [1.54, 1.807) is 12.1 Å². The van der Waals surface area contributed by atoms with Gasteiger partial charge >= 0.3 is 0 Å². The SMILES string of the molecule is CCNC(=NCc1ccc(F)cc1)NCc1ncc(-c2ccccc2)[nH]1.I. The highest BCUT2D eigenvalue weighted by atomic mass is 127. The molecule has 0 radical (unpaired) electrons. The van der Waals surface area contributed by atoms with E-state index >= 15 is 0 Å². The molecule has 1 aromatic heterocycles. The van der Waals surface area contributed by atoms with Crippen molar-refractivity contribution in [3.8, 4) is 11.3 Å². The van der Waals surface area contributed by atoms with Crippen molar-refractivity contribution in [3.63, 3.8) is 0 Å². The number of imidazole rings is 1. The highest BCUT2D eigenvalue weighted by molar-refractivity contribution is 14.0. The minimum Gasteiger partial charge on any atom is -0.357 e. The van der Waals surface area contributed by atoms with Crippen molar-refractivity contribution in [1.29, 1.82) is 0 Å². The third-order valence-corrected chi connectivity index (χ3v) is 3.81. The van der Waals surface area contributed by atoms with Gasteiger partial charge in [0.15, 0.2) is 5.96 Å². The fourth-order valence-corrected chi connectivity index (χ4v) is 2.49. The molecule has 27 heavy (non-hydrogen) atoms. The molecule has 0 saturated carbocycles. The van der Waals surface area contributed by atoms with Gasteiger partial charge in [-0.05, 0) is 30.2 Å².